The molecule has 0 atom stereocenters. The van der Waals surface area contributed by atoms with Gasteiger partial charge in [0.1, 0.15) is 0 Å². The molecule has 0 aliphatic rings. The number of rotatable bonds is 5. The molecule has 0 unspecified atom stereocenters. The zero-order valence-corrected chi connectivity index (χ0v) is 14.0. The minimum atomic E-state index is 0.0429. The average Bonchev–Trinajstić information content (AvgIpc) is 2.49. The molecule has 0 N–H and O–H groups in total. The van der Waals surface area contributed by atoms with E-state index < -0.39 is 0 Å². The third kappa shape index (κ3) is 3.86. The molecule has 0 radical (unpaired) electrons. The fraction of sp³-hybridized carbons (Fsp3) is 0.118. The van der Waals surface area contributed by atoms with E-state index in [-0.39, 0.29) is 20.7 Å². The van der Waals surface area contributed by atoms with Crippen molar-refractivity contribution in [1.82, 2.24) is 0 Å². The number of hydrogen-bond acceptors (Lipinski definition) is 2. The molecular weight excluding hydrogens is 331 g/mol. The van der Waals surface area contributed by atoms with E-state index >= 15 is 0 Å². The molecule has 3 heteroatoms. The standard InChI is InChI=1S/C17H16OSSe/c1-13(18)17(20-15-11-7-4-8-12-15)16(19-2)14-9-5-3-6-10-14/h3-12H,1-2H3/b17-16+. The van der Waals surface area contributed by atoms with Crippen LogP contribution in [0, 0.1) is 0 Å². The molecule has 0 aliphatic carbocycles. The number of carbonyl (C=O) groups is 1. The van der Waals surface area contributed by atoms with Crippen molar-refractivity contribution in [3.8, 4) is 0 Å². The Bertz CT molecular complexity index is 605. The average molecular weight is 347 g/mol. The van der Waals surface area contributed by atoms with E-state index in [4.69, 9.17) is 0 Å². The SMILES string of the molecule is CS/C(=C(/[Se]c1ccccc1)C(C)=O)c1ccccc1. The summed E-state index contributed by atoms with van der Waals surface area (Å²) in [6.45, 7) is 1.67. The summed E-state index contributed by atoms with van der Waals surface area (Å²) >= 11 is 1.70. The first kappa shape index (κ1) is 15.1. The molecule has 102 valence electrons. The predicted molar refractivity (Wildman–Crippen MR) is 89.4 cm³/mol. The predicted octanol–water partition coefficient (Wildman–Crippen LogP) is 3.34. The first-order valence-corrected chi connectivity index (χ1v) is 9.23. The van der Waals surface area contributed by atoms with Gasteiger partial charge in [0.2, 0.25) is 0 Å². The van der Waals surface area contributed by atoms with Crippen molar-refractivity contribution in [3.63, 3.8) is 0 Å². The van der Waals surface area contributed by atoms with Crippen molar-refractivity contribution < 1.29 is 4.79 Å². The van der Waals surface area contributed by atoms with Crippen molar-refractivity contribution >= 4 is 41.9 Å². The van der Waals surface area contributed by atoms with Crippen LogP contribution in [0.25, 0.3) is 4.91 Å². The Labute approximate surface area is 130 Å². The molecule has 2 aromatic rings. The van der Waals surface area contributed by atoms with Gasteiger partial charge in [-0.3, -0.25) is 0 Å². The molecule has 0 amide bonds. The second-order valence-electron chi connectivity index (χ2n) is 4.20. The second-order valence-corrected chi connectivity index (χ2v) is 7.29. The van der Waals surface area contributed by atoms with E-state index in [1.54, 1.807) is 18.7 Å². The van der Waals surface area contributed by atoms with Crippen LogP contribution >= 0.6 is 11.8 Å². The summed E-state index contributed by atoms with van der Waals surface area (Å²) in [6.07, 6.45) is 2.03. The van der Waals surface area contributed by atoms with Crippen molar-refractivity contribution in [2.75, 3.05) is 6.26 Å². The van der Waals surface area contributed by atoms with Crippen LogP contribution in [0.5, 0.6) is 0 Å². The Morgan fingerprint density at radius 2 is 1.50 bits per heavy atom. The quantitative estimate of drug-likeness (QED) is 0.610. The van der Waals surface area contributed by atoms with Gasteiger partial charge in [-0.05, 0) is 0 Å². The Morgan fingerprint density at radius 1 is 0.950 bits per heavy atom. The van der Waals surface area contributed by atoms with Crippen molar-refractivity contribution in [3.05, 3.63) is 70.7 Å². The Balaban J connectivity index is 2.44. The molecule has 0 fully saturated rings. The summed E-state index contributed by atoms with van der Waals surface area (Å²) in [7, 11) is 0. The molecule has 1 nitrogen and oxygen atoms in total. The fourth-order valence-corrected chi connectivity index (χ4v) is 5.11. The molecular formula is C17H16OSSe. The molecule has 0 aromatic heterocycles. The van der Waals surface area contributed by atoms with Gasteiger partial charge in [-0.25, -0.2) is 0 Å². The fourth-order valence-electron chi connectivity index (χ4n) is 1.82. The minimum absolute atomic E-state index is 0.0429. The van der Waals surface area contributed by atoms with Gasteiger partial charge in [-0.1, -0.05) is 0 Å². The van der Waals surface area contributed by atoms with Gasteiger partial charge >= 0.3 is 131 Å². The van der Waals surface area contributed by atoms with Crippen LogP contribution < -0.4 is 4.46 Å². The molecule has 0 saturated carbocycles. The van der Waals surface area contributed by atoms with Gasteiger partial charge in [0, 0.05) is 0 Å². The van der Waals surface area contributed by atoms with Gasteiger partial charge < -0.3 is 0 Å². The van der Waals surface area contributed by atoms with E-state index in [1.807, 2.05) is 42.7 Å². The zero-order valence-electron chi connectivity index (χ0n) is 11.5. The first-order valence-electron chi connectivity index (χ1n) is 6.30. The van der Waals surface area contributed by atoms with E-state index in [0.29, 0.717) is 0 Å². The monoisotopic (exact) mass is 348 g/mol. The number of Topliss-reactive ketones (excluding diaryl/α,β-unsaturated/α-hetero) is 1. The van der Waals surface area contributed by atoms with Crippen LogP contribution in [0.15, 0.2) is 65.1 Å². The van der Waals surface area contributed by atoms with E-state index in [1.165, 1.54) is 4.46 Å². The van der Waals surface area contributed by atoms with Crippen LogP contribution in [0.3, 0.4) is 0 Å². The van der Waals surface area contributed by atoms with Crippen LogP contribution in [-0.2, 0) is 4.79 Å². The van der Waals surface area contributed by atoms with E-state index in [2.05, 4.69) is 24.3 Å². The second kappa shape index (κ2) is 7.49. The Morgan fingerprint density at radius 3 is 2.00 bits per heavy atom. The third-order valence-corrected chi connectivity index (χ3v) is 6.39. The summed E-state index contributed by atoms with van der Waals surface area (Å²) in [5.74, 6) is 0.169. The Kier molecular flexibility index (Phi) is 5.66. The summed E-state index contributed by atoms with van der Waals surface area (Å²) in [5, 5.41) is 0. The first-order chi connectivity index (χ1) is 9.72. The normalized spacial score (nSPS) is 11.9. The maximum atomic E-state index is 12.1. The van der Waals surface area contributed by atoms with Crippen molar-refractivity contribution in [2.24, 2.45) is 0 Å². The molecule has 0 spiro atoms. The topological polar surface area (TPSA) is 17.1 Å². The molecule has 20 heavy (non-hydrogen) atoms. The molecule has 0 aliphatic heterocycles. The van der Waals surface area contributed by atoms with Crippen LogP contribution in [0.1, 0.15) is 12.5 Å². The molecule has 2 rings (SSSR count). The molecule has 2 aromatic carbocycles. The number of hydrogen-bond donors (Lipinski definition) is 0. The van der Waals surface area contributed by atoms with Gasteiger partial charge in [0.15, 0.2) is 0 Å². The van der Waals surface area contributed by atoms with Gasteiger partial charge in [0.05, 0.1) is 0 Å². The molecule has 0 bridgehead atoms. The summed E-state index contributed by atoms with van der Waals surface area (Å²) < 4.78 is 2.18. The Hall–Kier alpha value is -1.28. The number of thioether (sulfide) groups is 1. The number of benzene rings is 2. The summed E-state index contributed by atoms with van der Waals surface area (Å²) in [5.41, 5.74) is 1.13. The van der Waals surface area contributed by atoms with Crippen LogP contribution in [0.2, 0.25) is 0 Å². The third-order valence-electron chi connectivity index (χ3n) is 2.73. The zero-order chi connectivity index (χ0) is 14.4. The molecule has 0 saturated heterocycles. The summed E-state index contributed by atoms with van der Waals surface area (Å²) in [6, 6.07) is 20.4. The van der Waals surface area contributed by atoms with Crippen molar-refractivity contribution in [1.29, 1.82) is 0 Å². The summed E-state index contributed by atoms with van der Waals surface area (Å²) in [4.78, 5) is 13.2. The van der Waals surface area contributed by atoms with Crippen molar-refractivity contribution in [2.45, 2.75) is 6.92 Å². The van der Waals surface area contributed by atoms with Crippen LogP contribution in [-0.4, -0.2) is 27.0 Å². The van der Waals surface area contributed by atoms with E-state index in [9.17, 15) is 4.79 Å². The van der Waals surface area contributed by atoms with Gasteiger partial charge in [-0.15, -0.1) is 0 Å². The molecule has 0 heterocycles. The number of allylic oxidation sites excluding steroid dienone is 1. The number of carbonyl (C=O) groups excluding carboxylic acids is 1. The number of ketones is 1. The maximum absolute atomic E-state index is 12.1. The van der Waals surface area contributed by atoms with E-state index in [0.717, 1.165) is 14.9 Å². The van der Waals surface area contributed by atoms with Gasteiger partial charge in [-0.2, -0.15) is 0 Å². The van der Waals surface area contributed by atoms with Gasteiger partial charge in [0.25, 0.3) is 0 Å². The van der Waals surface area contributed by atoms with Crippen LogP contribution in [0.4, 0.5) is 0 Å².